The molecule has 1 aliphatic rings. The Morgan fingerprint density at radius 2 is 2.27 bits per heavy atom. The maximum atomic E-state index is 11.1. The lowest BCUT2D eigenvalue weighted by atomic mass is 9.91. The fourth-order valence-electron chi connectivity index (χ4n) is 2.53. The van der Waals surface area contributed by atoms with Crippen LogP contribution in [0.4, 0.5) is 0 Å². The molecule has 15 heavy (non-hydrogen) atoms. The molecule has 0 aliphatic heterocycles. The van der Waals surface area contributed by atoms with Gasteiger partial charge in [0.2, 0.25) is 0 Å². The molecule has 0 bridgehead atoms. The van der Waals surface area contributed by atoms with E-state index in [1.807, 2.05) is 14.0 Å². The Balaban J connectivity index is 2.58. The highest BCUT2D eigenvalue weighted by atomic mass is 16.4. The normalized spacial score (nSPS) is 20.1. The Morgan fingerprint density at radius 3 is 2.87 bits per heavy atom. The zero-order chi connectivity index (χ0) is 11.2. The van der Waals surface area contributed by atoms with Crippen molar-refractivity contribution in [2.24, 2.45) is 12.8 Å². The Bertz CT molecular complexity index is 421. The third kappa shape index (κ3) is 1.45. The van der Waals surface area contributed by atoms with Gasteiger partial charge in [-0.3, -0.25) is 0 Å². The second-order valence-corrected chi connectivity index (χ2v) is 4.27. The van der Waals surface area contributed by atoms with Crippen molar-refractivity contribution in [3.63, 3.8) is 0 Å². The van der Waals surface area contributed by atoms with E-state index < -0.39 is 5.97 Å². The van der Waals surface area contributed by atoms with Gasteiger partial charge in [0.05, 0.1) is 0 Å². The van der Waals surface area contributed by atoms with Crippen LogP contribution in [0.2, 0.25) is 0 Å². The third-order valence-corrected chi connectivity index (χ3v) is 3.32. The third-order valence-electron chi connectivity index (χ3n) is 3.32. The number of carboxylic acids is 1. The lowest BCUT2D eigenvalue weighted by Gasteiger charge is -2.19. The minimum absolute atomic E-state index is 0.181. The summed E-state index contributed by atoms with van der Waals surface area (Å²) < 4.78 is 1.80. The van der Waals surface area contributed by atoms with Gasteiger partial charge in [0.1, 0.15) is 5.69 Å². The van der Waals surface area contributed by atoms with Crippen LogP contribution in [0.15, 0.2) is 0 Å². The van der Waals surface area contributed by atoms with Crippen molar-refractivity contribution in [1.29, 1.82) is 0 Å². The van der Waals surface area contributed by atoms with E-state index in [1.165, 1.54) is 0 Å². The minimum Gasteiger partial charge on any atom is -0.477 e. The molecule has 4 heteroatoms. The van der Waals surface area contributed by atoms with Gasteiger partial charge in [0, 0.05) is 18.8 Å². The molecule has 0 aromatic carbocycles. The van der Waals surface area contributed by atoms with Gasteiger partial charge in [-0.15, -0.1) is 0 Å². The summed E-state index contributed by atoms with van der Waals surface area (Å²) in [5.41, 5.74) is 9.48. The number of nitrogens with two attached hydrogens (primary N) is 1. The molecular formula is C11H16N2O2. The summed E-state index contributed by atoms with van der Waals surface area (Å²) in [4.78, 5) is 11.1. The maximum absolute atomic E-state index is 11.1. The van der Waals surface area contributed by atoms with Gasteiger partial charge in [-0.1, -0.05) is 0 Å². The van der Waals surface area contributed by atoms with E-state index in [0.29, 0.717) is 5.69 Å². The number of fused-ring (bicyclic) bond motifs is 1. The van der Waals surface area contributed by atoms with Gasteiger partial charge in [-0.2, -0.15) is 0 Å². The number of aromatic nitrogens is 1. The average Bonchev–Trinajstić information content (AvgIpc) is 2.39. The predicted molar refractivity (Wildman–Crippen MR) is 57.1 cm³/mol. The predicted octanol–water partition coefficient (Wildman–Crippen LogP) is 0.848. The Labute approximate surface area is 88.7 Å². The van der Waals surface area contributed by atoms with Crippen LogP contribution in [0.5, 0.6) is 0 Å². The van der Waals surface area contributed by atoms with E-state index in [-0.39, 0.29) is 6.04 Å². The van der Waals surface area contributed by atoms with E-state index in [0.717, 1.165) is 36.1 Å². The molecule has 0 saturated heterocycles. The zero-order valence-corrected chi connectivity index (χ0v) is 9.08. The zero-order valence-electron chi connectivity index (χ0n) is 9.08. The molecule has 1 heterocycles. The molecule has 0 amide bonds. The summed E-state index contributed by atoms with van der Waals surface area (Å²) in [6, 6.07) is 0.181. The Kier molecular flexibility index (Phi) is 2.31. The lowest BCUT2D eigenvalue weighted by molar-refractivity contribution is 0.0685. The molecule has 1 atom stereocenters. The Morgan fingerprint density at radius 1 is 1.60 bits per heavy atom. The number of carbonyl (C=O) groups is 1. The van der Waals surface area contributed by atoms with Crippen LogP contribution in [0.25, 0.3) is 0 Å². The fourth-order valence-corrected chi connectivity index (χ4v) is 2.53. The minimum atomic E-state index is -0.849. The monoisotopic (exact) mass is 208 g/mol. The fraction of sp³-hybridized carbons (Fsp3) is 0.545. The first-order chi connectivity index (χ1) is 7.02. The van der Waals surface area contributed by atoms with Crippen molar-refractivity contribution in [2.75, 3.05) is 0 Å². The van der Waals surface area contributed by atoms with Crippen molar-refractivity contribution in [1.82, 2.24) is 4.57 Å². The summed E-state index contributed by atoms with van der Waals surface area (Å²) in [5, 5.41) is 9.11. The molecule has 82 valence electrons. The molecule has 0 radical (unpaired) electrons. The van der Waals surface area contributed by atoms with Crippen molar-refractivity contribution >= 4 is 5.97 Å². The first kappa shape index (κ1) is 10.2. The van der Waals surface area contributed by atoms with E-state index in [9.17, 15) is 4.79 Å². The summed E-state index contributed by atoms with van der Waals surface area (Å²) in [5.74, 6) is -0.849. The molecule has 1 aliphatic carbocycles. The van der Waals surface area contributed by atoms with Gasteiger partial charge in [-0.25, -0.2) is 4.79 Å². The quantitative estimate of drug-likeness (QED) is 0.718. The second kappa shape index (κ2) is 3.38. The number of hydrogen-bond acceptors (Lipinski definition) is 2. The van der Waals surface area contributed by atoms with E-state index in [4.69, 9.17) is 10.8 Å². The van der Waals surface area contributed by atoms with Crippen LogP contribution in [0.1, 0.15) is 33.7 Å². The highest BCUT2D eigenvalue weighted by Crippen LogP contribution is 2.28. The van der Waals surface area contributed by atoms with Crippen molar-refractivity contribution in [3.05, 3.63) is 22.5 Å². The van der Waals surface area contributed by atoms with Crippen LogP contribution < -0.4 is 5.73 Å². The molecule has 0 fully saturated rings. The molecular weight excluding hydrogens is 192 g/mol. The van der Waals surface area contributed by atoms with Crippen molar-refractivity contribution in [2.45, 2.75) is 32.2 Å². The second-order valence-electron chi connectivity index (χ2n) is 4.27. The molecule has 1 unspecified atom stereocenters. The van der Waals surface area contributed by atoms with Crippen LogP contribution >= 0.6 is 0 Å². The molecule has 0 spiro atoms. The summed E-state index contributed by atoms with van der Waals surface area (Å²) >= 11 is 0. The number of hydrogen-bond donors (Lipinski definition) is 2. The number of nitrogens with zero attached hydrogens (tertiary/aromatic N) is 1. The molecule has 4 nitrogen and oxygen atoms in total. The lowest BCUT2D eigenvalue weighted by Crippen LogP contribution is -2.28. The molecule has 3 N–H and O–H groups in total. The summed E-state index contributed by atoms with van der Waals surface area (Å²) in [7, 11) is 1.83. The smallest absolute Gasteiger partial charge is 0.352 e. The van der Waals surface area contributed by atoms with Gasteiger partial charge in [-0.05, 0) is 37.3 Å². The van der Waals surface area contributed by atoms with Crippen molar-refractivity contribution < 1.29 is 9.90 Å². The van der Waals surface area contributed by atoms with E-state index in [2.05, 4.69) is 0 Å². The summed E-state index contributed by atoms with van der Waals surface area (Å²) in [6.45, 7) is 1.88. The van der Waals surface area contributed by atoms with E-state index >= 15 is 0 Å². The maximum Gasteiger partial charge on any atom is 0.352 e. The van der Waals surface area contributed by atoms with Crippen LogP contribution in [0, 0.1) is 6.92 Å². The highest BCUT2D eigenvalue weighted by molar-refractivity contribution is 5.88. The van der Waals surface area contributed by atoms with Gasteiger partial charge < -0.3 is 15.4 Å². The number of rotatable bonds is 1. The Hall–Kier alpha value is -1.29. The SMILES string of the molecule is Cc1c2c(n(C)c1C(=O)O)CCC(N)C2. The number of aromatic carboxylic acids is 1. The van der Waals surface area contributed by atoms with E-state index in [1.54, 1.807) is 4.57 Å². The van der Waals surface area contributed by atoms with Crippen LogP contribution in [-0.4, -0.2) is 21.7 Å². The van der Waals surface area contributed by atoms with Gasteiger partial charge in [0.25, 0.3) is 0 Å². The number of carboxylic acid groups (broad SMARTS) is 1. The molecule has 2 rings (SSSR count). The first-order valence-electron chi connectivity index (χ1n) is 5.18. The molecule has 0 saturated carbocycles. The van der Waals surface area contributed by atoms with Gasteiger partial charge >= 0.3 is 5.97 Å². The summed E-state index contributed by atoms with van der Waals surface area (Å²) in [6.07, 6.45) is 2.65. The van der Waals surface area contributed by atoms with Crippen LogP contribution in [0.3, 0.4) is 0 Å². The van der Waals surface area contributed by atoms with Crippen molar-refractivity contribution in [3.8, 4) is 0 Å². The average molecular weight is 208 g/mol. The van der Waals surface area contributed by atoms with Crippen LogP contribution in [-0.2, 0) is 19.9 Å². The van der Waals surface area contributed by atoms with Gasteiger partial charge in [0.15, 0.2) is 0 Å². The standard InChI is InChI=1S/C11H16N2O2/c1-6-8-5-7(12)3-4-9(8)13(2)10(6)11(14)15/h7H,3-5,12H2,1-2H3,(H,14,15). The largest absolute Gasteiger partial charge is 0.477 e. The molecule has 1 aromatic rings. The highest BCUT2D eigenvalue weighted by Gasteiger charge is 2.26. The topological polar surface area (TPSA) is 68.2 Å². The molecule has 1 aromatic heterocycles. The first-order valence-corrected chi connectivity index (χ1v) is 5.18.